The third-order valence-electron chi connectivity index (χ3n) is 4.43. The summed E-state index contributed by atoms with van der Waals surface area (Å²) < 4.78 is 5.38. The summed E-state index contributed by atoms with van der Waals surface area (Å²) in [5, 5.41) is 3.36. The summed E-state index contributed by atoms with van der Waals surface area (Å²) >= 11 is 7.44. The fraction of sp³-hybridized carbons (Fsp3) is 0.143. The van der Waals surface area contributed by atoms with Crippen molar-refractivity contribution in [2.75, 3.05) is 11.1 Å². The molecule has 1 fully saturated rings. The first-order valence-corrected chi connectivity index (χ1v) is 10.1. The molecule has 1 aromatic heterocycles. The molecule has 3 aromatic rings. The van der Waals surface area contributed by atoms with Crippen LogP contribution in [0, 0.1) is 0 Å². The highest BCUT2D eigenvalue weighted by Crippen LogP contribution is 2.39. The monoisotopic (exact) mass is 412 g/mol. The van der Waals surface area contributed by atoms with Crippen LogP contribution < -0.4 is 5.32 Å². The van der Waals surface area contributed by atoms with Crippen molar-refractivity contribution in [1.82, 2.24) is 4.90 Å². The van der Waals surface area contributed by atoms with E-state index < -0.39 is 0 Å². The standard InChI is InChI=1S/C21H17ClN2O3S/c22-16-7-9-17(10-8-16)23-20(26)14-3-5-15(6-4-14)21-24(19(25)13-28-21)12-18-2-1-11-27-18/h1-11,21H,12-13H2,(H,23,26)/t21-/m0/s1. The molecule has 1 aliphatic rings. The number of halogens is 1. The van der Waals surface area contributed by atoms with E-state index in [2.05, 4.69) is 5.32 Å². The van der Waals surface area contributed by atoms with Crippen LogP contribution in [0.2, 0.25) is 5.02 Å². The fourth-order valence-electron chi connectivity index (χ4n) is 3.01. The van der Waals surface area contributed by atoms with Crippen molar-refractivity contribution >= 4 is 40.9 Å². The predicted molar refractivity (Wildman–Crippen MR) is 110 cm³/mol. The normalized spacial score (nSPS) is 16.4. The molecule has 1 aliphatic heterocycles. The van der Waals surface area contributed by atoms with Crippen molar-refractivity contribution in [2.45, 2.75) is 11.9 Å². The van der Waals surface area contributed by atoms with Crippen LogP contribution in [0.4, 0.5) is 5.69 Å². The Morgan fingerprint density at radius 3 is 2.57 bits per heavy atom. The molecule has 0 aliphatic carbocycles. The van der Waals surface area contributed by atoms with Crippen molar-refractivity contribution in [3.63, 3.8) is 0 Å². The maximum Gasteiger partial charge on any atom is 0.255 e. The van der Waals surface area contributed by atoms with Gasteiger partial charge in [0.1, 0.15) is 11.1 Å². The molecule has 0 spiro atoms. The molecule has 28 heavy (non-hydrogen) atoms. The molecule has 0 unspecified atom stereocenters. The smallest absolute Gasteiger partial charge is 0.255 e. The van der Waals surface area contributed by atoms with E-state index in [0.29, 0.717) is 28.6 Å². The largest absolute Gasteiger partial charge is 0.467 e. The van der Waals surface area contributed by atoms with Gasteiger partial charge in [0, 0.05) is 16.3 Å². The summed E-state index contributed by atoms with van der Waals surface area (Å²) in [6.45, 7) is 0.433. The lowest BCUT2D eigenvalue weighted by molar-refractivity contribution is -0.128. The molecule has 7 heteroatoms. The van der Waals surface area contributed by atoms with E-state index in [1.165, 1.54) is 0 Å². The van der Waals surface area contributed by atoms with Crippen LogP contribution in [-0.4, -0.2) is 22.5 Å². The SMILES string of the molecule is O=C(Nc1ccc(Cl)cc1)c1ccc([C@@H]2SCC(=O)N2Cc2ccco2)cc1. The van der Waals surface area contributed by atoms with Gasteiger partial charge < -0.3 is 14.6 Å². The molecule has 1 saturated heterocycles. The van der Waals surface area contributed by atoms with Crippen LogP contribution in [0.15, 0.2) is 71.3 Å². The molecule has 1 atom stereocenters. The van der Waals surface area contributed by atoms with Crippen molar-refractivity contribution in [3.05, 3.63) is 88.8 Å². The number of nitrogens with zero attached hydrogens (tertiary/aromatic N) is 1. The lowest BCUT2D eigenvalue weighted by atomic mass is 10.1. The Hall–Kier alpha value is -2.70. The van der Waals surface area contributed by atoms with E-state index in [9.17, 15) is 9.59 Å². The zero-order valence-electron chi connectivity index (χ0n) is 14.8. The third kappa shape index (κ3) is 4.08. The maximum atomic E-state index is 12.4. The van der Waals surface area contributed by atoms with E-state index in [-0.39, 0.29) is 17.2 Å². The van der Waals surface area contributed by atoms with Gasteiger partial charge in [-0.1, -0.05) is 23.7 Å². The zero-order chi connectivity index (χ0) is 19.5. The van der Waals surface area contributed by atoms with Crippen molar-refractivity contribution in [2.24, 2.45) is 0 Å². The van der Waals surface area contributed by atoms with Gasteiger partial charge in [-0.05, 0) is 54.1 Å². The van der Waals surface area contributed by atoms with Crippen molar-refractivity contribution < 1.29 is 14.0 Å². The van der Waals surface area contributed by atoms with E-state index in [4.69, 9.17) is 16.0 Å². The molecular formula is C21H17ClN2O3S. The highest BCUT2D eigenvalue weighted by Gasteiger charge is 2.33. The van der Waals surface area contributed by atoms with Crippen LogP contribution >= 0.6 is 23.4 Å². The molecule has 0 bridgehead atoms. The van der Waals surface area contributed by atoms with E-state index in [1.54, 1.807) is 59.3 Å². The van der Waals surface area contributed by atoms with Gasteiger partial charge in [0.2, 0.25) is 5.91 Å². The Bertz CT molecular complexity index is 972. The Balaban J connectivity index is 1.46. The summed E-state index contributed by atoms with van der Waals surface area (Å²) in [7, 11) is 0. The molecule has 2 heterocycles. The van der Waals surface area contributed by atoms with Gasteiger partial charge in [-0.15, -0.1) is 11.8 Å². The van der Waals surface area contributed by atoms with Gasteiger partial charge in [-0.3, -0.25) is 9.59 Å². The number of thioether (sulfide) groups is 1. The van der Waals surface area contributed by atoms with Gasteiger partial charge in [0.05, 0.1) is 18.6 Å². The summed E-state index contributed by atoms with van der Waals surface area (Å²) in [6, 6.07) is 18.0. The Morgan fingerprint density at radius 2 is 1.89 bits per heavy atom. The quantitative estimate of drug-likeness (QED) is 0.643. The molecule has 2 amide bonds. The van der Waals surface area contributed by atoms with Gasteiger partial charge in [0.25, 0.3) is 5.91 Å². The average molecular weight is 413 g/mol. The topological polar surface area (TPSA) is 62.6 Å². The molecule has 2 aromatic carbocycles. The third-order valence-corrected chi connectivity index (χ3v) is 5.94. The van der Waals surface area contributed by atoms with Gasteiger partial charge in [-0.2, -0.15) is 0 Å². The first kappa shape index (κ1) is 18.7. The van der Waals surface area contributed by atoms with Gasteiger partial charge in [0.15, 0.2) is 0 Å². The zero-order valence-corrected chi connectivity index (χ0v) is 16.4. The average Bonchev–Trinajstić information content (AvgIpc) is 3.35. The lowest BCUT2D eigenvalue weighted by Crippen LogP contribution is -2.27. The first-order valence-electron chi connectivity index (χ1n) is 8.70. The van der Waals surface area contributed by atoms with E-state index in [0.717, 1.165) is 11.3 Å². The van der Waals surface area contributed by atoms with Gasteiger partial charge in [-0.25, -0.2) is 0 Å². The number of hydrogen-bond donors (Lipinski definition) is 1. The van der Waals surface area contributed by atoms with E-state index >= 15 is 0 Å². The minimum atomic E-state index is -0.198. The number of carbonyl (C=O) groups excluding carboxylic acids is 2. The summed E-state index contributed by atoms with van der Waals surface area (Å²) in [4.78, 5) is 26.5. The van der Waals surface area contributed by atoms with Crippen molar-refractivity contribution in [3.8, 4) is 0 Å². The summed E-state index contributed by atoms with van der Waals surface area (Å²) in [5.41, 5.74) is 2.20. The Labute approximate surface area is 171 Å². The second-order valence-electron chi connectivity index (χ2n) is 6.35. The number of amides is 2. The highest BCUT2D eigenvalue weighted by molar-refractivity contribution is 8.00. The summed E-state index contributed by atoms with van der Waals surface area (Å²) in [6.07, 6.45) is 1.60. The number of benzene rings is 2. The Morgan fingerprint density at radius 1 is 1.14 bits per heavy atom. The van der Waals surface area contributed by atoms with E-state index in [1.807, 2.05) is 24.3 Å². The van der Waals surface area contributed by atoms with Crippen LogP contribution in [0.1, 0.15) is 27.1 Å². The molecule has 0 saturated carbocycles. The second kappa shape index (κ2) is 8.12. The number of carbonyl (C=O) groups is 2. The van der Waals surface area contributed by atoms with Crippen LogP contribution in [-0.2, 0) is 11.3 Å². The minimum absolute atomic E-state index is 0.0796. The van der Waals surface area contributed by atoms with Crippen LogP contribution in [0.3, 0.4) is 0 Å². The van der Waals surface area contributed by atoms with Crippen LogP contribution in [0.5, 0.6) is 0 Å². The number of rotatable bonds is 5. The van der Waals surface area contributed by atoms with Crippen LogP contribution in [0.25, 0.3) is 0 Å². The maximum absolute atomic E-state index is 12.4. The molecular weight excluding hydrogens is 396 g/mol. The second-order valence-corrected chi connectivity index (χ2v) is 7.85. The number of hydrogen-bond acceptors (Lipinski definition) is 4. The molecule has 4 rings (SSSR count). The molecule has 0 radical (unpaired) electrons. The predicted octanol–water partition coefficient (Wildman–Crippen LogP) is 4.96. The summed E-state index contributed by atoms with van der Waals surface area (Å²) in [5.74, 6) is 1.07. The molecule has 142 valence electrons. The first-order chi connectivity index (χ1) is 13.6. The number of furan rings is 1. The lowest BCUT2D eigenvalue weighted by Gasteiger charge is -2.23. The fourth-order valence-corrected chi connectivity index (χ4v) is 4.32. The highest BCUT2D eigenvalue weighted by atomic mass is 35.5. The number of anilines is 1. The number of nitrogens with one attached hydrogen (secondary N) is 1. The Kier molecular flexibility index (Phi) is 5.41. The van der Waals surface area contributed by atoms with Crippen molar-refractivity contribution in [1.29, 1.82) is 0 Å². The molecule has 5 nitrogen and oxygen atoms in total. The molecule has 1 N–H and O–H groups in total. The minimum Gasteiger partial charge on any atom is -0.467 e. The van der Waals surface area contributed by atoms with Gasteiger partial charge >= 0.3 is 0 Å².